The maximum Gasteiger partial charge on any atom is 0.0835 e. The van der Waals surface area contributed by atoms with Crippen molar-refractivity contribution in [2.24, 2.45) is 0 Å². The Bertz CT molecular complexity index is 94.7. The molecule has 0 aromatic rings. The van der Waals surface area contributed by atoms with Crippen molar-refractivity contribution in [2.45, 2.75) is 25.0 Å². The first-order valence-electron chi connectivity index (χ1n) is 2.70. The second kappa shape index (κ2) is 1.10. The monoisotopic (exact) mass is 95.0 g/mol. The Balaban J connectivity index is 2.27. The van der Waals surface area contributed by atoms with Crippen molar-refractivity contribution in [3.05, 3.63) is 12.2 Å². The molecule has 2 unspecified atom stereocenters. The molecule has 1 radical (unpaired) electrons. The van der Waals surface area contributed by atoms with Gasteiger partial charge in [0.2, 0.25) is 0 Å². The van der Waals surface area contributed by atoms with E-state index in [1.165, 1.54) is 12.8 Å². The van der Waals surface area contributed by atoms with Gasteiger partial charge in [-0.1, -0.05) is 0 Å². The first-order chi connectivity index (χ1) is 3.45. The molecule has 1 fully saturated rings. The normalized spacial score (nSPS) is 45.7. The number of fused-ring (bicyclic) bond motifs is 2. The highest BCUT2D eigenvalue weighted by molar-refractivity contribution is 5.01. The third kappa shape index (κ3) is 0.416. The molecule has 0 aromatic carbocycles. The lowest BCUT2D eigenvalue weighted by molar-refractivity contribution is 0.118. The van der Waals surface area contributed by atoms with E-state index in [1.54, 1.807) is 0 Å². The van der Waals surface area contributed by atoms with Crippen LogP contribution in [0.5, 0.6) is 0 Å². The molecule has 0 saturated carbocycles. The molecule has 2 aliphatic rings. The molecule has 1 saturated heterocycles. The van der Waals surface area contributed by atoms with Crippen LogP contribution >= 0.6 is 0 Å². The Hall–Kier alpha value is -0.300. The van der Waals surface area contributed by atoms with Gasteiger partial charge in [-0.2, -0.15) is 0 Å². The van der Waals surface area contributed by atoms with Gasteiger partial charge >= 0.3 is 0 Å². The third-order valence-electron chi connectivity index (χ3n) is 1.52. The van der Waals surface area contributed by atoms with E-state index in [9.17, 15) is 0 Å². The minimum Gasteiger partial charge on any atom is -0.366 e. The number of hydrogen-bond donors (Lipinski definition) is 0. The molecule has 0 aliphatic carbocycles. The zero-order valence-electron chi connectivity index (χ0n) is 4.05. The summed E-state index contributed by atoms with van der Waals surface area (Å²) in [6.45, 7) is 0. The van der Waals surface area contributed by atoms with Gasteiger partial charge in [-0.15, -0.1) is 0 Å². The van der Waals surface area contributed by atoms with Gasteiger partial charge in [0.25, 0.3) is 0 Å². The molecule has 2 heterocycles. The minimum atomic E-state index is 0.366. The Kier molecular flexibility index (Phi) is 0.577. The zero-order valence-corrected chi connectivity index (χ0v) is 4.05. The van der Waals surface area contributed by atoms with E-state index in [0.717, 1.165) is 0 Å². The molecule has 0 N–H and O–H groups in total. The van der Waals surface area contributed by atoms with Gasteiger partial charge in [-0.05, 0) is 25.0 Å². The van der Waals surface area contributed by atoms with E-state index in [4.69, 9.17) is 4.74 Å². The highest BCUT2D eigenvalue weighted by Crippen LogP contribution is 2.26. The second-order valence-electron chi connectivity index (χ2n) is 2.07. The molecule has 0 amide bonds. The maximum absolute atomic E-state index is 5.31. The molecule has 2 atom stereocenters. The molecule has 1 nitrogen and oxygen atoms in total. The minimum absolute atomic E-state index is 0.366. The van der Waals surface area contributed by atoms with Crippen molar-refractivity contribution in [1.82, 2.24) is 0 Å². The summed E-state index contributed by atoms with van der Waals surface area (Å²) >= 11 is 0. The molecule has 0 spiro atoms. The topological polar surface area (TPSA) is 9.23 Å². The maximum atomic E-state index is 5.31. The van der Waals surface area contributed by atoms with Crippen molar-refractivity contribution >= 4 is 0 Å². The summed E-state index contributed by atoms with van der Waals surface area (Å²) in [6, 6.07) is 0. The predicted molar refractivity (Wildman–Crippen MR) is 25.7 cm³/mol. The number of rotatable bonds is 0. The Labute approximate surface area is 43.0 Å². The summed E-state index contributed by atoms with van der Waals surface area (Å²) in [5.41, 5.74) is 0. The van der Waals surface area contributed by atoms with Gasteiger partial charge in [0.1, 0.15) is 0 Å². The van der Waals surface area contributed by atoms with E-state index >= 15 is 0 Å². The molecular formula is C6H7O. The molecule has 0 aromatic heterocycles. The molecular weight excluding hydrogens is 88.1 g/mol. The van der Waals surface area contributed by atoms with Crippen LogP contribution < -0.4 is 0 Å². The van der Waals surface area contributed by atoms with Gasteiger partial charge in [0, 0.05) is 0 Å². The standard InChI is InChI=1S/C6H7O/c1-2-6-4-3-5(1)7-6/h1,5-6H,3-4H2. The summed E-state index contributed by atoms with van der Waals surface area (Å²) < 4.78 is 5.31. The Morgan fingerprint density at radius 1 is 1.57 bits per heavy atom. The largest absolute Gasteiger partial charge is 0.366 e. The SMILES string of the molecule is [C]1=CC2CCC1O2. The van der Waals surface area contributed by atoms with Gasteiger partial charge < -0.3 is 4.74 Å². The van der Waals surface area contributed by atoms with Crippen molar-refractivity contribution in [1.29, 1.82) is 0 Å². The molecule has 2 bridgehead atoms. The fraction of sp³-hybridized carbons (Fsp3) is 0.667. The Morgan fingerprint density at radius 3 is 2.71 bits per heavy atom. The lowest BCUT2D eigenvalue weighted by Crippen LogP contribution is -1.95. The van der Waals surface area contributed by atoms with Crippen molar-refractivity contribution in [3.8, 4) is 0 Å². The fourth-order valence-electron chi connectivity index (χ4n) is 1.12. The fourth-order valence-corrected chi connectivity index (χ4v) is 1.12. The smallest absolute Gasteiger partial charge is 0.0835 e. The van der Waals surface area contributed by atoms with Gasteiger partial charge in [-0.3, -0.25) is 0 Å². The van der Waals surface area contributed by atoms with Crippen LogP contribution in [0.1, 0.15) is 12.8 Å². The van der Waals surface area contributed by atoms with Gasteiger partial charge in [0.15, 0.2) is 0 Å². The molecule has 2 aliphatic heterocycles. The summed E-state index contributed by atoms with van der Waals surface area (Å²) in [5, 5.41) is 0. The lowest BCUT2D eigenvalue weighted by Gasteiger charge is -1.93. The summed E-state index contributed by atoms with van der Waals surface area (Å²) in [7, 11) is 0. The molecule has 37 valence electrons. The average molecular weight is 95.1 g/mol. The van der Waals surface area contributed by atoms with Crippen LogP contribution in [-0.4, -0.2) is 12.2 Å². The van der Waals surface area contributed by atoms with E-state index in [1.807, 2.05) is 6.08 Å². The molecule has 7 heavy (non-hydrogen) atoms. The zero-order chi connectivity index (χ0) is 4.69. The predicted octanol–water partition coefficient (Wildman–Crippen LogP) is 0.907. The first kappa shape index (κ1) is 3.67. The summed E-state index contributed by atoms with van der Waals surface area (Å²) in [6.07, 6.45) is 8.36. The van der Waals surface area contributed by atoms with Crippen molar-refractivity contribution in [2.75, 3.05) is 0 Å². The first-order valence-corrected chi connectivity index (χ1v) is 2.70. The molecule has 1 heteroatoms. The number of ether oxygens (including phenoxy) is 1. The highest BCUT2D eigenvalue weighted by Gasteiger charge is 2.26. The number of hydrogen-bond acceptors (Lipinski definition) is 1. The van der Waals surface area contributed by atoms with Gasteiger partial charge in [0.05, 0.1) is 12.2 Å². The average Bonchev–Trinajstić information content (AvgIpc) is 2.22. The van der Waals surface area contributed by atoms with Crippen LogP contribution in [0.3, 0.4) is 0 Å². The lowest BCUT2D eigenvalue weighted by atomic mass is 10.1. The van der Waals surface area contributed by atoms with Gasteiger partial charge in [-0.25, -0.2) is 0 Å². The summed E-state index contributed by atoms with van der Waals surface area (Å²) in [5.74, 6) is 0. The van der Waals surface area contributed by atoms with Crippen LogP contribution in [-0.2, 0) is 4.74 Å². The van der Waals surface area contributed by atoms with E-state index in [0.29, 0.717) is 12.2 Å². The third-order valence-corrected chi connectivity index (χ3v) is 1.52. The summed E-state index contributed by atoms with van der Waals surface area (Å²) in [4.78, 5) is 0. The highest BCUT2D eigenvalue weighted by atomic mass is 16.5. The van der Waals surface area contributed by atoms with E-state index < -0.39 is 0 Å². The van der Waals surface area contributed by atoms with E-state index in [-0.39, 0.29) is 0 Å². The van der Waals surface area contributed by atoms with Crippen LogP contribution in [0.25, 0.3) is 0 Å². The molecule has 2 rings (SSSR count). The van der Waals surface area contributed by atoms with Crippen LogP contribution in [0.4, 0.5) is 0 Å². The second-order valence-corrected chi connectivity index (χ2v) is 2.07. The van der Waals surface area contributed by atoms with Crippen molar-refractivity contribution in [3.63, 3.8) is 0 Å². The van der Waals surface area contributed by atoms with Crippen LogP contribution in [0, 0.1) is 6.08 Å². The van der Waals surface area contributed by atoms with Crippen LogP contribution in [0.15, 0.2) is 6.08 Å². The van der Waals surface area contributed by atoms with E-state index in [2.05, 4.69) is 6.08 Å². The van der Waals surface area contributed by atoms with Crippen molar-refractivity contribution < 1.29 is 4.74 Å². The Morgan fingerprint density at radius 2 is 2.57 bits per heavy atom. The quantitative estimate of drug-likeness (QED) is 0.434. The van der Waals surface area contributed by atoms with Crippen LogP contribution in [0.2, 0.25) is 0 Å².